The molecule has 0 amide bonds. The summed E-state index contributed by atoms with van der Waals surface area (Å²) >= 11 is 0. The summed E-state index contributed by atoms with van der Waals surface area (Å²) in [6.45, 7) is 7.19. The van der Waals surface area contributed by atoms with Gasteiger partial charge >= 0.3 is 5.97 Å². The van der Waals surface area contributed by atoms with Crippen LogP contribution in [0.25, 0.3) is 21.8 Å². The zero-order valence-corrected chi connectivity index (χ0v) is 16.6. The lowest BCUT2D eigenvalue weighted by atomic mass is 10.0. The second kappa shape index (κ2) is 9.64. The van der Waals surface area contributed by atoms with Gasteiger partial charge in [-0.25, -0.2) is 9.78 Å². The molecular formula is C21H27N3O4. The summed E-state index contributed by atoms with van der Waals surface area (Å²) in [6.07, 6.45) is 1.69. The number of pyridine rings is 1. The number of carbonyl (C=O) groups is 1. The number of hydrogen-bond acceptors (Lipinski definition) is 6. The minimum Gasteiger partial charge on any atom is -0.461 e. The lowest BCUT2D eigenvalue weighted by molar-refractivity contribution is 0.0514. The highest BCUT2D eigenvalue weighted by molar-refractivity contribution is 6.12. The maximum Gasteiger partial charge on any atom is 0.357 e. The molecule has 150 valence electrons. The maximum atomic E-state index is 12.4. The van der Waals surface area contributed by atoms with E-state index in [0.29, 0.717) is 32.1 Å². The monoisotopic (exact) mass is 385 g/mol. The molecule has 7 heteroatoms. The number of ether oxygens (including phenoxy) is 3. The molecule has 0 aliphatic carbocycles. The van der Waals surface area contributed by atoms with E-state index >= 15 is 0 Å². The largest absolute Gasteiger partial charge is 0.461 e. The van der Waals surface area contributed by atoms with Crippen molar-refractivity contribution < 1.29 is 19.0 Å². The summed E-state index contributed by atoms with van der Waals surface area (Å²) < 4.78 is 16.0. The first-order chi connectivity index (χ1) is 13.7. The molecule has 0 saturated heterocycles. The Hall–Kier alpha value is -2.48. The van der Waals surface area contributed by atoms with Crippen molar-refractivity contribution >= 4 is 27.8 Å². The van der Waals surface area contributed by atoms with Crippen LogP contribution in [-0.2, 0) is 27.4 Å². The van der Waals surface area contributed by atoms with E-state index in [1.165, 1.54) is 0 Å². The van der Waals surface area contributed by atoms with Gasteiger partial charge in [-0.1, -0.05) is 12.1 Å². The first-order valence-corrected chi connectivity index (χ1v) is 9.56. The van der Waals surface area contributed by atoms with Crippen LogP contribution in [0.4, 0.5) is 0 Å². The number of benzene rings is 1. The number of carbonyl (C=O) groups excluding carboxylic acids is 1. The number of nitrogens with one attached hydrogen (secondary N) is 2. The standard InChI is InChI=1S/C21H27N3O4/c1-4-27-10-9-22-11-14-7-6-8-16-18(14)19-15(13-26-3)20(21(25)28-5-2)23-12-17(19)24-16/h6-8,12,22,24H,4-5,9-11,13H2,1-3H3. The molecule has 0 unspecified atom stereocenters. The van der Waals surface area contributed by atoms with Crippen LogP contribution in [0, 0.1) is 0 Å². The highest BCUT2D eigenvalue weighted by Crippen LogP contribution is 2.32. The second-order valence-corrected chi connectivity index (χ2v) is 6.37. The molecule has 2 heterocycles. The van der Waals surface area contributed by atoms with Crippen molar-refractivity contribution in [3.8, 4) is 0 Å². The Morgan fingerprint density at radius 2 is 2.04 bits per heavy atom. The number of rotatable bonds is 10. The van der Waals surface area contributed by atoms with E-state index in [4.69, 9.17) is 14.2 Å². The Labute approximate surface area is 164 Å². The Balaban J connectivity index is 2.08. The molecule has 0 bridgehead atoms. The van der Waals surface area contributed by atoms with Crippen molar-refractivity contribution in [1.29, 1.82) is 0 Å². The fourth-order valence-electron chi connectivity index (χ4n) is 3.40. The van der Waals surface area contributed by atoms with E-state index in [1.54, 1.807) is 20.2 Å². The Morgan fingerprint density at radius 1 is 1.18 bits per heavy atom. The van der Waals surface area contributed by atoms with Crippen molar-refractivity contribution in [2.45, 2.75) is 27.0 Å². The highest BCUT2D eigenvalue weighted by atomic mass is 16.5. The van der Waals surface area contributed by atoms with Crippen LogP contribution in [0.3, 0.4) is 0 Å². The van der Waals surface area contributed by atoms with E-state index in [9.17, 15) is 4.79 Å². The molecular weight excluding hydrogens is 358 g/mol. The number of aromatic nitrogens is 2. The van der Waals surface area contributed by atoms with Crippen LogP contribution in [0.15, 0.2) is 24.4 Å². The van der Waals surface area contributed by atoms with Gasteiger partial charge < -0.3 is 24.5 Å². The van der Waals surface area contributed by atoms with E-state index in [1.807, 2.05) is 19.1 Å². The highest BCUT2D eigenvalue weighted by Gasteiger charge is 2.21. The number of aromatic amines is 1. The van der Waals surface area contributed by atoms with E-state index < -0.39 is 5.97 Å². The summed E-state index contributed by atoms with van der Waals surface area (Å²) in [6, 6.07) is 6.14. The van der Waals surface area contributed by atoms with Crippen molar-refractivity contribution in [3.05, 3.63) is 41.2 Å². The third-order valence-corrected chi connectivity index (χ3v) is 4.55. The van der Waals surface area contributed by atoms with Crippen LogP contribution in [0.1, 0.15) is 35.5 Å². The SMILES string of the molecule is CCOCCNCc1cccc2[nH]c3cnc(C(=O)OCC)c(COC)c3c12. The smallest absolute Gasteiger partial charge is 0.357 e. The molecule has 0 saturated carbocycles. The Kier molecular flexibility index (Phi) is 6.97. The second-order valence-electron chi connectivity index (χ2n) is 6.37. The molecule has 2 aromatic heterocycles. The summed E-state index contributed by atoms with van der Waals surface area (Å²) in [7, 11) is 1.61. The predicted molar refractivity (Wildman–Crippen MR) is 108 cm³/mol. The normalized spacial score (nSPS) is 11.4. The number of esters is 1. The molecule has 3 aromatic rings. The van der Waals surface area contributed by atoms with E-state index in [-0.39, 0.29) is 6.61 Å². The first kappa shape index (κ1) is 20.3. The van der Waals surface area contributed by atoms with Crippen LogP contribution >= 0.6 is 0 Å². The summed E-state index contributed by atoms with van der Waals surface area (Å²) in [4.78, 5) is 20.2. The van der Waals surface area contributed by atoms with Gasteiger partial charge in [0.1, 0.15) is 0 Å². The van der Waals surface area contributed by atoms with Gasteiger partial charge in [-0.2, -0.15) is 0 Å². The van der Waals surface area contributed by atoms with Gasteiger partial charge in [0.15, 0.2) is 5.69 Å². The van der Waals surface area contributed by atoms with Gasteiger partial charge in [0.05, 0.1) is 31.5 Å². The average Bonchev–Trinajstić information content (AvgIpc) is 3.08. The first-order valence-electron chi connectivity index (χ1n) is 9.56. The zero-order valence-electron chi connectivity index (χ0n) is 16.6. The topological polar surface area (TPSA) is 85.5 Å². The third-order valence-electron chi connectivity index (χ3n) is 4.55. The molecule has 1 aromatic carbocycles. The molecule has 7 nitrogen and oxygen atoms in total. The minimum absolute atomic E-state index is 0.275. The third kappa shape index (κ3) is 4.16. The quantitative estimate of drug-likeness (QED) is 0.412. The van der Waals surface area contributed by atoms with Gasteiger partial charge in [0.2, 0.25) is 0 Å². The number of H-pyrrole nitrogens is 1. The average molecular weight is 385 g/mol. The maximum absolute atomic E-state index is 12.4. The molecule has 0 atom stereocenters. The van der Waals surface area contributed by atoms with E-state index in [0.717, 1.165) is 39.5 Å². The molecule has 0 radical (unpaired) electrons. The van der Waals surface area contributed by atoms with Crippen molar-refractivity contribution in [2.24, 2.45) is 0 Å². The van der Waals surface area contributed by atoms with Crippen LogP contribution in [0.2, 0.25) is 0 Å². The summed E-state index contributed by atoms with van der Waals surface area (Å²) in [5.41, 5.74) is 4.05. The molecule has 2 N–H and O–H groups in total. The number of methoxy groups -OCH3 is 1. The van der Waals surface area contributed by atoms with Gasteiger partial charge in [-0.05, 0) is 25.5 Å². The molecule has 0 aliphatic heterocycles. The van der Waals surface area contributed by atoms with Crippen LogP contribution < -0.4 is 5.32 Å². The van der Waals surface area contributed by atoms with Crippen molar-refractivity contribution in [2.75, 3.05) is 33.5 Å². The molecule has 0 aliphatic rings. The summed E-state index contributed by atoms with van der Waals surface area (Å²) in [5.74, 6) is -0.432. The van der Waals surface area contributed by atoms with Crippen LogP contribution in [-0.4, -0.2) is 49.4 Å². The molecule has 28 heavy (non-hydrogen) atoms. The van der Waals surface area contributed by atoms with Gasteiger partial charge in [0, 0.05) is 48.7 Å². The van der Waals surface area contributed by atoms with Gasteiger partial charge in [-0.3, -0.25) is 0 Å². The molecule has 0 spiro atoms. The molecule has 3 rings (SSSR count). The lowest BCUT2D eigenvalue weighted by Gasteiger charge is -2.11. The van der Waals surface area contributed by atoms with E-state index in [2.05, 4.69) is 21.4 Å². The Bertz CT molecular complexity index is 952. The predicted octanol–water partition coefficient (Wildman–Crippen LogP) is 3.17. The fraction of sp³-hybridized carbons (Fsp3) is 0.429. The van der Waals surface area contributed by atoms with Crippen molar-refractivity contribution in [3.63, 3.8) is 0 Å². The Morgan fingerprint density at radius 3 is 2.79 bits per heavy atom. The van der Waals surface area contributed by atoms with Gasteiger partial charge in [0.25, 0.3) is 0 Å². The summed E-state index contributed by atoms with van der Waals surface area (Å²) in [5, 5.41) is 5.44. The minimum atomic E-state index is -0.432. The number of hydrogen-bond donors (Lipinski definition) is 2. The fourth-order valence-corrected chi connectivity index (χ4v) is 3.40. The lowest BCUT2D eigenvalue weighted by Crippen LogP contribution is -2.19. The van der Waals surface area contributed by atoms with Gasteiger partial charge in [-0.15, -0.1) is 0 Å². The number of fused-ring (bicyclic) bond motifs is 3. The molecule has 0 fully saturated rings. The van der Waals surface area contributed by atoms with Crippen molar-refractivity contribution in [1.82, 2.24) is 15.3 Å². The zero-order chi connectivity index (χ0) is 19.9. The van der Waals surface area contributed by atoms with Crippen LogP contribution in [0.5, 0.6) is 0 Å². The number of nitrogens with zero attached hydrogens (tertiary/aromatic N) is 1.